The van der Waals surface area contributed by atoms with E-state index in [2.05, 4.69) is 15.9 Å². The average molecular weight is 215 g/mol. The van der Waals surface area contributed by atoms with Gasteiger partial charge in [-0.05, 0) is 36.6 Å². The van der Waals surface area contributed by atoms with Crippen LogP contribution in [-0.2, 0) is 5.33 Å². The molecule has 0 aliphatic heterocycles. The molecule has 0 fully saturated rings. The molecule has 1 N–H and O–H groups in total. The van der Waals surface area contributed by atoms with Crippen molar-refractivity contribution in [2.75, 3.05) is 0 Å². The van der Waals surface area contributed by atoms with Gasteiger partial charge in [0, 0.05) is 5.33 Å². The quantitative estimate of drug-likeness (QED) is 0.714. The van der Waals surface area contributed by atoms with Gasteiger partial charge < -0.3 is 5.11 Å². The number of hydrogen-bond acceptors (Lipinski definition) is 1. The van der Waals surface area contributed by atoms with Gasteiger partial charge in [0.25, 0.3) is 0 Å². The Morgan fingerprint density at radius 2 is 2.00 bits per heavy atom. The molecule has 60 valence electrons. The summed E-state index contributed by atoms with van der Waals surface area (Å²) in [5, 5.41) is 10.1. The highest BCUT2D eigenvalue weighted by atomic mass is 79.9. The molecule has 0 bridgehead atoms. The average Bonchev–Trinajstić information content (AvgIpc) is 1.99. The SMILES string of the molecule is Cc1ccc(O)c(C)c1CBr. The van der Waals surface area contributed by atoms with Gasteiger partial charge in [-0.3, -0.25) is 0 Å². The lowest BCUT2D eigenvalue weighted by Crippen LogP contribution is -1.89. The lowest BCUT2D eigenvalue weighted by atomic mass is 10.0. The first kappa shape index (κ1) is 8.60. The van der Waals surface area contributed by atoms with Crippen LogP contribution in [0.3, 0.4) is 0 Å². The number of phenolic OH excluding ortho intramolecular Hbond substituents is 1. The topological polar surface area (TPSA) is 20.2 Å². The van der Waals surface area contributed by atoms with Crippen molar-refractivity contribution in [3.8, 4) is 5.75 Å². The molecule has 0 amide bonds. The maximum atomic E-state index is 9.33. The summed E-state index contributed by atoms with van der Waals surface area (Å²) in [5.74, 6) is 0.380. The first-order chi connectivity index (χ1) is 5.16. The zero-order chi connectivity index (χ0) is 8.43. The second-order valence-corrected chi connectivity index (χ2v) is 3.20. The summed E-state index contributed by atoms with van der Waals surface area (Å²) in [6, 6.07) is 3.66. The fraction of sp³-hybridized carbons (Fsp3) is 0.333. The van der Waals surface area contributed by atoms with Crippen LogP contribution in [0.25, 0.3) is 0 Å². The Morgan fingerprint density at radius 1 is 1.36 bits per heavy atom. The molecule has 0 saturated carbocycles. The Labute approximate surface area is 75.2 Å². The van der Waals surface area contributed by atoms with E-state index in [1.165, 1.54) is 11.1 Å². The van der Waals surface area contributed by atoms with E-state index in [9.17, 15) is 5.11 Å². The molecular weight excluding hydrogens is 204 g/mol. The molecule has 2 heteroatoms. The van der Waals surface area contributed by atoms with Crippen LogP contribution in [0.1, 0.15) is 16.7 Å². The molecule has 1 rings (SSSR count). The predicted octanol–water partition coefficient (Wildman–Crippen LogP) is 2.90. The van der Waals surface area contributed by atoms with Gasteiger partial charge in [-0.25, -0.2) is 0 Å². The molecular formula is C9H11BrO. The van der Waals surface area contributed by atoms with Crippen molar-refractivity contribution in [1.29, 1.82) is 0 Å². The van der Waals surface area contributed by atoms with Crippen LogP contribution in [0.2, 0.25) is 0 Å². The minimum absolute atomic E-state index is 0.380. The van der Waals surface area contributed by atoms with Crippen molar-refractivity contribution in [3.63, 3.8) is 0 Å². The molecule has 0 unspecified atom stereocenters. The Bertz CT molecular complexity index is 269. The van der Waals surface area contributed by atoms with E-state index >= 15 is 0 Å². The van der Waals surface area contributed by atoms with Gasteiger partial charge in [0.2, 0.25) is 0 Å². The number of alkyl halides is 1. The molecule has 0 aliphatic rings. The normalized spacial score (nSPS) is 10.1. The van der Waals surface area contributed by atoms with Gasteiger partial charge in [0.1, 0.15) is 5.75 Å². The smallest absolute Gasteiger partial charge is 0.118 e. The molecule has 0 aromatic heterocycles. The van der Waals surface area contributed by atoms with Crippen molar-refractivity contribution in [2.24, 2.45) is 0 Å². The number of aryl methyl sites for hydroxylation is 1. The lowest BCUT2D eigenvalue weighted by Gasteiger charge is -2.07. The third-order valence-corrected chi connectivity index (χ3v) is 2.50. The largest absolute Gasteiger partial charge is 0.508 e. The van der Waals surface area contributed by atoms with Gasteiger partial charge in [0.05, 0.1) is 0 Å². The van der Waals surface area contributed by atoms with Crippen LogP contribution in [0.5, 0.6) is 5.75 Å². The number of halogens is 1. The summed E-state index contributed by atoms with van der Waals surface area (Å²) >= 11 is 3.38. The van der Waals surface area contributed by atoms with E-state index in [1.54, 1.807) is 6.07 Å². The predicted molar refractivity (Wildman–Crippen MR) is 50.2 cm³/mol. The maximum Gasteiger partial charge on any atom is 0.118 e. The highest BCUT2D eigenvalue weighted by Crippen LogP contribution is 2.24. The van der Waals surface area contributed by atoms with Gasteiger partial charge in [0.15, 0.2) is 0 Å². The van der Waals surface area contributed by atoms with Crippen molar-refractivity contribution >= 4 is 15.9 Å². The summed E-state index contributed by atoms with van der Waals surface area (Å²) in [5.41, 5.74) is 3.38. The van der Waals surface area contributed by atoms with Crippen LogP contribution in [0.4, 0.5) is 0 Å². The highest BCUT2D eigenvalue weighted by molar-refractivity contribution is 9.08. The van der Waals surface area contributed by atoms with E-state index in [0.29, 0.717) is 5.75 Å². The number of phenols is 1. The first-order valence-electron chi connectivity index (χ1n) is 3.51. The summed E-state index contributed by atoms with van der Waals surface area (Å²) in [6.07, 6.45) is 0. The number of rotatable bonds is 1. The number of hydrogen-bond donors (Lipinski definition) is 1. The molecule has 0 heterocycles. The standard InChI is InChI=1S/C9H11BrO/c1-6-3-4-9(11)7(2)8(6)5-10/h3-4,11H,5H2,1-2H3. The Kier molecular flexibility index (Phi) is 2.55. The Hall–Kier alpha value is -0.500. The van der Waals surface area contributed by atoms with Crippen LogP contribution in [0.15, 0.2) is 12.1 Å². The van der Waals surface area contributed by atoms with Crippen LogP contribution >= 0.6 is 15.9 Å². The molecule has 11 heavy (non-hydrogen) atoms. The monoisotopic (exact) mass is 214 g/mol. The van der Waals surface area contributed by atoms with E-state index in [1.807, 2.05) is 19.9 Å². The highest BCUT2D eigenvalue weighted by Gasteiger charge is 2.03. The van der Waals surface area contributed by atoms with E-state index in [4.69, 9.17) is 0 Å². The molecule has 0 spiro atoms. The molecule has 0 radical (unpaired) electrons. The lowest BCUT2D eigenvalue weighted by molar-refractivity contribution is 0.470. The third-order valence-electron chi connectivity index (χ3n) is 1.94. The Balaban J connectivity index is 3.29. The van der Waals surface area contributed by atoms with Crippen LogP contribution < -0.4 is 0 Å². The van der Waals surface area contributed by atoms with Crippen molar-refractivity contribution in [3.05, 3.63) is 28.8 Å². The minimum atomic E-state index is 0.380. The Morgan fingerprint density at radius 3 is 2.45 bits per heavy atom. The fourth-order valence-corrected chi connectivity index (χ4v) is 1.95. The summed E-state index contributed by atoms with van der Waals surface area (Å²) in [4.78, 5) is 0. The molecule has 1 nitrogen and oxygen atoms in total. The van der Waals surface area contributed by atoms with Crippen molar-refractivity contribution < 1.29 is 5.11 Å². The van der Waals surface area contributed by atoms with Crippen molar-refractivity contribution in [1.82, 2.24) is 0 Å². The van der Waals surface area contributed by atoms with Gasteiger partial charge in [-0.2, -0.15) is 0 Å². The zero-order valence-electron chi connectivity index (χ0n) is 6.69. The molecule has 1 aromatic rings. The van der Waals surface area contributed by atoms with Gasteiger partial charge in [-0.1, -0.05) is 22.0 Å². The van der Waals surface area contributed by atoms with Crippen molar-refractivity contribution in [2.45, 2.75) is 19.2 Å². The summed E-state index contributed by atoms with van der Waals surface area (Å²) in [7, 11) is 0. The van der Waals surface area contributed by atoms with Gasteiger partial charge in [-0.15, -0.1) is 0 Å². The van der Waals surface area contributed by atoms with Crippen LogP contribution in [0, 0.1) is 13.8 Å². The molecule has 1 aromatic carbocycles. The number of aromatic hydroxyl groups is 1. The third kappa shape index (κ3) is 1.56. The maximum absolute atomic E-state index is 9.33. The second kappa shape index (κ2) is 3.26. The van der Waals surface area contributed by atoms with E-state index < -0.39 is 0 Å². The molecule has 0 aliphatic carbocycles. The van der Waals surface area contributed by atoms with Gasteiger partial charge >= 0.3 is 0 Å². The summed E-state index contributed by atoms with van der Waals surface area (Å²) in [6.45, 7) is 3.97. The molecule has 0 saturated heterocycles. The van der Waals surface area contributed by atoms with E-state index in [0.717, 1.165) is 10.9 Å². The summed E-state index contributed by atoms with van der Waals surface area (Å²) < 4.78 is 0. The van der Waals surface area contributed by atoms with Crippen LogP contribution in [-0.4, -0.2) is 5.11 Å². The first-order valence-corrected chi connectivity index (χ1v) is 4.63. The second-order valence-electron chi connectivity index (χ2n) is 2.64. The van der Waals surface area contributed by atoms with E-state index in [-0.39, 0.29) is 0 Å². The fourth-order valence-electron chi connectivity index (χ4n) is 1.09. The minimum Gasteiger partial charge on any atom is -0.508 e. The molecule has 0 atom stereocenters. The number of benzene rings is 1. The zero-order valence-corrected chi connectivity index (χ0v) is 8.27.